The molecule has 4 rings (SSSR count). The van der Waals surface area contributed by atoms with Crippen molar-refractivity contribution in [2.75, 3.05) is 13.1 Å². The molecule has 0 N–H and O–H groups in total. The van der Waals surface area contributed by atoms with E-state index in [2.05, 4.69) is 5.10 Å². The van der Waals surface area contributed by atoms with E-state index in [9.17, 15) is 9.59 Å². The van der Waals surface area contributed by atoms with E-state index in [0.29, 0.717) is 29.5 Å². The third-order valence-corrected chi connectivity index (χ3v) is 4.72. The van der Waals surface area contributed by atoms with Crippen LogP contribution in [0.2, 0.25) is 0 Å². The number of ether oxygens (including phenoxy) is 1. The zero-order chi connectivity index (χ0) is 19.0. The lowest BCUT2D eigenvalue weighted by Gasteiger charge is -2.35. The van der Waals surface area contributed by atoms with Crippen LogP contribution >= 0.6 is 0 Å². The molecule has 0 radical (unpaired) electrons. The maximum atomic E-state index is 13.3. The molecule has 1 fully saturated rings. The maximum Gasteiger partial charge on any atom is 0.279 e. The normalized spacial score (nSPS) is 20.0. The van der Waals surface area contributed by atoms with Gasteiger partial charge in [0.25, 0.3) is 11.5 Å². The summed E-state index contributed by atoms with van der Waals surface area (Å²) in [5, 5.41) is 5.52. The molecule has 2 atom stereocenters. The van der Waals surface area contributed by atoms with Crippen LogP contribution in [0.4, 0.5) is 0 Å². The fraction of sp³-hybridized carbons (Fsp3) is 0.286. The van der Waals surface area contributed by atoms with Crippen LogP contribution in [0.5, 0.6) is 0 Å². The van der Waals surface area contributed by atoms with Crippen LogP contribution < -0.4 is 5.56 Å². The van der Waals surface area contributed by atoms with Gasteiger partial charge in [0.05, 0.1) is 23.3 Å². The molecule has 1 amide bonds. The van der Waals surface area contributed by atoms with E-state index in [1.807, 2.05) is 38.1 Å². The monoisotopic (exact) mass is 363 g/mol. The van der Waals surface area contributed by atoms with Gasteiger partial charge in [0, 0.05) is 18.5 Å². The minimum atomic E-state index is -0.239. The van der Waals surface area contributed by atoms with Gasteiger partial charge in [-0.1, -0.05) is 36.4 Å². The Balaban J connectivity index is 1.88. The van der Waals surface area contributed by atoms with Crippen LogP contribution in [-0.2, 0) is 4.74 Å². The summed E-state index contributed by atoms with van der Waals surface area (Å²) in [7, 11) is 0. The van der Waals surface area contributed by atoms with Crippen LogP contribution in [0.25, 0.3) is 16.5 Å². The summed E-state index contributed by atoms with van der Waals surface area (Å²) in [4.78, 5) is 28.0. The van der Waals surface area contributed by atoms with Crippen molar-refractivity contribution in [3.63, 3.8) is 0 Å². The highest BCUT2D eigenvalue weighted by Crippen LogP contribution is 2.19. The Morgan fingerprint density at radius 3 is 2.22 bits per heavy atom. The summed E-state index contributed by atoms with van der Waals surface area (Å²) in [6, 6.07) is 16.3. The van der Waals surface area contributed by atoms with Gasteiger partial charge in [-0.05, 0) is 32.0 Å². The number of rotatable bonds is 2. The summed E-state index contributed by atoms with van der Waals surface area (Å²) in [5.41, 5.74) is 0.679. The summed E-state index contributed by atoms with van der Waals surface area (Å²) >= 11 is 0. The molecule has 0 aliphatic carbocycles. The van der Waals surface area contributed by atoms with Crippen molar-refractivity contribution in [1.29, 1.82) is 0 Å². The predicted molar refractivity (Wildman–Crippen MR) is 103 cm³/mol. The summed E-state index contributed by atoms with van der Waals surface area (Å²) in [6.45, 7) is 4.91. The smallest absolute Gasteiger partial charge is 0.279 e. The van der Waals surface area contributed by atoms with Gasteiger partial charge in [0.2, 0.25) is 0 Å². The minimum absolute atomic E-state index is 0.0380. The maximum absolute atomic E-state index is 13.3. The molecular formula is C21H21N3O3. The predicted octanol–water partition coefficient (Wildman–Crippen LogP) is 2.64. The number of hydrogen-bond acceptors (Lipinski definition) is 4. The molecule has 2 unspecified atom stereocenters. The largest absolute Gasteiger partial charge is 0.372 e. The van der Waals surface area contributed by atoms with E-state index in [-0.39, 0.29) is 29.4 Å². The van der Waals surface area contributed by atoms with E-state index >= 15 is 0 Å². The Kier molecular flexibility index (Phi) is 4.49. The topological polar surface area (TPSA) is 64.4 Å². The highest BCUT2D eigenvalue weighted by Gasteiger charge is 2.29. The van der Waals surface area contributed by atoms with Crippen LogP contribution in [-0.4, -0.2) is 45.9 Å². The average molecular weight is 363 g/mol. The Labute approximate surface area is 157 Å². The molecule has 1 aliphatic rings. The molecule has 0 bridgehead atoms. The molecule has 27 heavy (non-hydrogen) atoms. The molecule has 0 spiro atoms. The van der Waals surface area contributed by atoms with E-state index < -0.39 is 0 Å². The number of hydrogen-bond donors (Lipinski definition) is 0. The SMILES string of the molecule is CC1CN(C(=O)c2nn(-c3ccccc3)c(=O)c3ccccc23)CC(C)O1. The van der Waals surface area contributed by atoms with E-state index in [4.69, 9.17) is 4.74 Å². The zero-order valence-electron chi connectivity index (χ0n) is 15.3. The second-order valence-electron chi connectivity index (χ2n) is 6.91. The van der Waals surface area contributed by atoms with Gasteiger partial charge in [0.15, 0.2) is 5.69 Å². The summed E-state index contributed by atoms with van der Waals surface area (Å²) < 4.78 is 7.04. The molecule has 0 saturated carbocycles. The van der Waals surface area contributed by atoms with Crippen LogP contribution in [0.15, 0.2) is 59.4 Å². The molecule has 6 heteroatoms. The molecule has 2 aromatic carbocycles. The lowest BCUT2D eigenvalue weighted by atomic mass is 10.1. The molecule has 3 aromatic rings. The van der Waals surface area contributed by atoms with Crippen molar-refractivity contribution in [3.05, 3.63) is 70.6 Å². The molecule has 1 saturated heterocycles. The number of benzene rings is 2. The van der Waals surface area contributed by atoms with Gasteiger partial charge in [-0.3, -0.25) is 9.59 Å². The molecule has 1 aliphatic heterocycles. The zero-order valence-corrected chi connectivity index (χ0v) is 15.3. The Hall–Kier alpha value is -2.99. The van der Waals surface area contributed by atoms with Gasteiger partial charge >= 0.3 is 0 Å². The number of carbonyl (C=O) groups excluding carboxylic acids is 1. The number of para-hydroxylation sites is 1. The molecule has 1 aromatic heterocycles. The van der Waals surface area contributed by atoms with Crippen molar-refractivity contribution < 1.29 is 9.53 Å². The summed E-state index contributed by atoms with van der Waals surface area (Å²) in [6.07, 6.45) is -0.0759. The first kappa shape index (κ1) is 17.4. The van der Waals surface area contributed by atoms with Gasteiger partial charge < -0.3 is 9.64 Å². The van der Waals surface area contributed by atoms with Crippen molar-refractivity contribution in [3.8, 4) is 5.69 Å². The van der Waals surface area contributed by atoms with Gasteiger partial charge in [-0.15, -0.1) is 0 Å². The van der Waals surface area contributed by atoms with E-state index in [0.717, 1.165) is 0 Å². The molecule has 2 heterocycles. The van der Waals surface area contributed by atoms with Crippen molar-refractivity contribution in [1.82, 2.24) is 14.7 Å². The Morgan fingerprint density at radius 2 is 1.56 bits per heavy atom. The fourth-order valence-corrected chi connectivity index (χ4v) is 3.59. The standard InChI is InChI=1S/C21H21N3O3/c1-14-12-23(13-15(2)27-14)21(26)19-17-10-6-7-11-18(17)20(25)24(22-19)16-8-4-3-5-9-16/h3-11,14-15H,12-13H2,1-2H3. The quantitative estimate of drug-likeness (QED) is 0.702. The fourth-order valence-electron chi connectivity index (χ4n) is 3.59. The van der Waals surface area contributed by atoms with E-state index in [1.165, 1.54) is 4.68 Å². The lowest BCUT2D eigenvalue weighted by molar-refractivity contribution is -0.0587. The van der Waals surface area contributed by atoms with Crippen LogP contribution in [0.1, 0.15) is 24.3 Å². The molecule has 138 valence electrons. The number of carbonyl (C=O) groups is 1. The number of nitrogens with zero attached hydrogens (tertiary/aromatic N) is 3. The first-order valence-electron chi connectivity index (χ1n) is 9.07. The van der Waals surface area contributed by atoms with E-state index in [1.54, 1.807) is 35.2 Å². The number of morpholine rings is 1. The average Bonchev–Trinajstić information content (AvgIpc) is 2.68. The third kappa shape index (κ3) is 3.24. The molecule has 6 nitrogen and oxygen atoms in total. The number of fused-ring (bicyclic) bond motifs is 1. The van der Waals surface area contributed by atoms with Crippen molar-refractivity contribution in [2.24, 2.45) is 0 Å². The van der Waals surface area contributed by atoms with Gasteiger partial charge in [-0.25, -0.2) is 0 Å². The minimum Gasteiger partial charge on any atom is -0.372 e. The van der Waals surface area contributed by atoms with Crippen LogP contribution in [0.3, 0.4) is 0 Å². The highest BCUT2D eigenvalue weighted by atomic mass is 16.5. The third-order valence-electron chi connectivity index (χ3n) is 4.72. The molecular weight excluding hydrogens is 342 g/mol. The second kappa shape index (κ2) is 6.96. The second-order valence-corrected chi connectivity index (χ2v) is 6.91. The van der Waals surface area contributed by atoms with Crippen molar-refractivity contribution in [2.45, 2.75) is 26.1 Å². The van der Waals surface area contributed by atoms with Gasteiger partial charge in [-0.2, -0.15) is 9.78 Å². The first-order chi connectivity index (χ1) is 13.0. The highest BCUT2D eigenvalue weighted by molar-refractivity contribution is 6.04. The number of aromatic nitrogens is 2. The summed E-state index contributed by atoms with van der Waals surface area (Å²) in [5.74, 6) is -0.183. The van der Waals surface area contributed by atoms with Gasteiger partial charge in [0.1, 0.15) is 0 Å². The lowest BCUT2D eigenvalue weighted by Crippen LogP contribution is -2.48. The Bertz CT molecular complexity index is 1040. The first-order valence-corrected chi connectivity index (χ1v) is 9.07. The Morgan fingerprint density at radius 1 is 0.963 bits per heavy atom. The van der Waals surface area contributed by atoms with Crippen LogP contribution in [0, 0.1) is 0 Å². The van der Waals surface area contributed by atoms with Crippen molar-refractivity contribution >= 4 is 16.7 Å². The number of amides is 1.